The first-order valence-corrected chi connectivity index (χ1v) is 6.48. The topological polar surface area (TPSA) is 85.1 Å². The number of fused-ring (bicyclic) bond motifs is 1. The Morgan fingerprint density at radius 2 is 2.15 bits per heavy atom. The Balaban J connectivity index is 1.94. The third-order valence-corrected chi connectivity index (χ3v) is 3.15. The van der Waals surface area contributed by atoms with E-state index >= 15 is 0 Å². The van der Waals surface area contributed by atoms with Crippen LogP contribution in [0.15, 0.2) is 11.4 Å². The van der Waals surface area contributed by atoms with Crippen molar-refractivity contribution in [1.82, 2.24) is 9.97 Å². The second kappa shape index (κ2) is 6.20. The Hall–Kier alpha value is -1.65. The van der Waals surface area contributed by atoms with Gasteiger partial charge in [-0.1, -0.05) is 0 Å². The average molecular weight is 307 g/mol. The maximum atomic E-state index is 11.9. The third-order valence-electron chi connectivity index (χ3n) is 2.24. The Morgan fingerprint density at radius 1 is 1.35 bits per heavy atom. The second-order valence-corrected chi connectivity index (χ2v) is 4.69. The van der Waals surface area contributed by atoms with Crippen LogP contribution in [0, 0.1) is 0 Å². The SMILES string of the molecule is NNc1nc(NCCOCC(F)(F)F)c2sccc2n1. The van der Waals surface area contributed by atoms with E-state index in [0.717, 1.165) is 4.70 Å². The number of thiophene rings is 1. The van der Waals surface area contributed by atoms with E-state index in [2.05, 4.69) is 25.4 Å². The van der Waals surface area contributed by atoms with Crippen molar-refractivity contribution in [1.29, 1.82) is 0 Å². The lowest BCUT2D eigenvalue weighted by Gasteiger charge is -2.10. The zero-order valence-electron chi connectivity index (χ0n) is 10.2. The molecule has 0 bridgehead atoms. The van der Waals surface area contributed by atoms with Gasteiger partial charge in [0.15, 0.2) is 0 Å². The lowest BCUT2D eigenvalue weighted by molar-refractivity contribution is -0.172. The first kappa shape index (κ1) is 14.8. The molecule has 0 fully saturated rings. The van der Waals surface area contributed by atoms with Crippen LogP contribution in [0.3, 0.4) is 0 Å². The van der Waals surface area contributed by atoms with E-state index in [1.807, 2.05) is 5.38 Å². The number of aromatic nitrogens is 2. The van der Waals surface area contributed by atoms with Crippen molar-refractivity contribution < 1.29 is 17.9 Å². The molecule has 20 heavy (non-hydrogen) atoms. The molecule has 2 heterocycles. The average Bonchev–Trinajstić information content (AvgIpc) is 2.84. The van der Waals surface area contributed by atoms with Crippen molar-refractivity contribution in [2.75, 3.05) is 30.5 Å². The summed E-state index contributed by atoms with van der Waals surface area (Å²) >= 11 is 1.42. The third kappa shape index (κ3) is 3.92. The molecule has 0 unspecified atom stereocenters. The van der Waals surface area contributed by atoms with Crippen LogP contribution < -0.4 is 16.6 Å². The zero-order chi connectivity index (χ0) is 14.6. The number of nitrogens with two attached hydrogens (primary N) is 1. The van der Waals surface area contributed by atoms with Crippen LogP contribution in [0.4, 0.5) is 24.9 Å². The standard InChI is InChI=1S/C10H12F3N5OS/c11-10(12,13)5-19-3-2-15-8-7-6(1-4-20-7)16-9(17-8)18-14/h1,4H,2-3,5,14H2,(H2,15,16,17,18). The Bertz CT molecular complexity index is 574. The minimum atomic E-state index is -4.31. The molecule has 0 aliphatic rings. The van der Waals surface area contributed by atoms with Crippen molar-refractivity contribution in [3.05, 3.63) is 11.4 Å². The maximum absolute atomic E-state index is 11.9. The van der Waals surface area contributed by atoms with Gasteiger partial charge in [0.05, 0.1) is 16.8 Å². The summed E-state index contributed by atoms with van der Waals surface area (Å²) < 4.78 is 41.0. The van der Waals surface area contributed by atoms with E-state index < -0.39 is 12.8 Å². The largest absolute Gasteiger partial charge is 0.411 e. The molecule has 2 rings (SSSR count). The highest BCUT2D eigenvalue weighted by atomic mass is 32.1. The first-order chi connectivity index (χ1) is 9.49. The first-order valence-electron chi connectivity index (χ1n) is 5.60. The van der Waals surface area contributed by atoms with Crippen LogP contribution in [0.1, 0.15) is 0 Å². The maximum Gasteiger partial charge on any atom is 0.411 e. The van der Waals surface area contributed by atoms with E-state index in [1.165, 1.54) is 11.3 Å². The molecule has 0 saturated heterocycles. The highest BCUT2D eigenvalue weighted by molar-refractivity contribution is 7.17. The zero-order valence-corrected chi connectivity index (χ0v) is 11.0. The predicted molar refractivity (Wildman–Crippen MR) is 70.6 cm³/mol. The second-order valence-electron chi connectivity index (χ2n) is 3.77. The number of rotatable bonds is 6. The van der Waals surface area contributed by atoms with Gasteiger partial charge in [-0.25, -0.2) is 10.8 Å². The number of nitrogens with zero attached hydrogens (tertiary/aromatic N) is 2. The fraction of sp³-hybridized carbons (Fsp3) is 0.400. The van der Waals surface area contributed by atoms with Crippen LogP contribution in [0.5, 0.6) is 0 Å². The Morgan fingerprint density at radius 3 is 2.85 bits per heavy atom. The molecule has 0 spiro atoms. The van der Waals surface area contributed by atoms with Crippen molar-refractivity contribution >= 4 is 33.3 Å². The molecule has 10 heteroatoms. The van der Waals surface area contributed by atoms with E-state index in [9.17, 15) is 13.2 Å². The van der Waals surface area contributed by atoms with Gasteiger partial charge in [0.1, 0.15) is 12.4 Å². The number of anilines is 2. The minimum absolute atomic E-state index is 0.0816. The van der Waals surface area contributed by atoms with Crippen LogP contribution in [-0.4, -0.2) is 35.9 Å². The molecule has 0 aliphatic carbocycles. The fourth-order valence-corrected chi connectivity index (χ4v) is 2.27. The smallest absolute Gasteiger partial charge is 0.370 e. The molecule has 4 N–H and O–H groups in total. The summed E-state index contributed by atoms with van der Waals surface area (Å²) in [6, 6.07) is 1.80. The molecule has 0 saturated carbocycles. The van der Waals surface area contributed by atoms with Gasteiger partial charge in [-0.2, -0.15) is 18.2 Å². The van der Waals surface area contributed by atoms with Gasteiger partial charge in [0.25, 0.3) is 0 Å². The van der Waals surface area contributed by atoms with Crippen molar-refractivity contribution in [3.63, 3.8) is 0 Å². The monoisotopic (exact) mass is 307 g/mol. The van der Waals surface area contributed by atoms with E-state index in [1.54, 1.807) is 6.07 Å². The molecule has 0 aliphatic heterocycles. The summed E-state index contributed by atoms with van der Waals surface area (Å²) in [6.07, 6.45) is -4.31. The van der Waals surface area contributed by atoms with Crippen LogP contribution in [-0.2, 0) is 4.74 Å². The number of nitrogen functional groups attached to an aromatic ring is 1. The summed E-state index contributed by atoms with van der Waals surface area (Å²) in [4.78, 5) is 8.25. The Labute approximate surface area is 116 Å². The summed E-state index contributed by atoms with van der Waals surface area (Å²) in [5.41, 5.74) is 3.04. The molecule has 0 radical (unpaired) electrons. The number of halogens is 3. The summed E-state index contributed by atoms with van der Waals surface area (Å²) in [6.45, 7) is -1.14. The molecule has 110 valence electrons. The molecular weight excluding hydrogens is 295 g/mol. The molecule has 0 amide bonds. The van der Waals surface area contributed by atoms with Crippen LogP contribution >= 0.6 is 11.3 Å². The predicted octanol–water partition coefficient (Wildman–Crippen LogP) is 1.97. The molecule has 6 nitrogen and oxygen atoms in total. The number of hydrogen-bond acceptors (Lipinski definition) is 7. The number of alkyl halides is 3. The van der Waals surface area contributed by atoms with Crippen LogP contribution in [0.25, 0.3) is 10.2 Å². The van der Waals surface area contributed by atoms with Crippen molar-refractivity contribution in [2.24, 2.45) is 5.84 Å². The number of hydrazine groups is 1. The lowest BCUT2D eigenvalue weighted by Crippen LogP contribution is -2.20. The van der Waals surface area contributed by atoms with Crippen molar-refractivity contribution in [3.8, 4) is 0 Å². The summed E-state index contributed by atoms with van der Waals surface area (Å²) in [5.74, 6) is 5.99. The normalized spacial score (nSPS) is 11.8. The van der Waals surface area contributed by atoms with E-state index in [0.29, 0.717) is 11.3 Å². The molecule has 2 aromatic heterocycles. The number of nitrogens with one attached hydrogen (secondary N) is 2. The molecule has 0 atom stereocenters. The fourth-order valence-electron chi connectivity index (χ4n) is 1.48. The molecule has 0 aromatic carbocycles. The van der Waals surface area contributed by atoms with E-state index in [4.69, 9.17) is 5.84 Å². The van der Waals surface area contributed by atoms with Gasteiger partial charge in [0, 0.05) is 6.54 Å². The number of hydrogen-bond donors (Lipinski definition) is 3. The minimum Gasteiger partial charge on any atom is -0.370 e. The highest BCUT2D eigenvalue weighted by Crippen LogP contribution is 2.26. The van der Waals surface area contributed by atoms with Crippen LogP contribution in [0.2, 0.25) is 0 Å². The van der Waals surface area contributed by atoms with E-state index in [-0.39, 0.29) is 19.1 Å². The van der Waals surface area contributed by atoms with Gasteiger partial charge < -0.3 is 10.1 Å². The van der Waals surface area contributed by atoms with Gasteiger partial charge in [-0.3, -0.25) is 5.43 Å². The van der Waals surface area contributed by atoms with Crippen molar-refractivity contribution in [2.45, 2.75) is 6.18 Å². The Kier molecular flexibility index (Phi) is 4.57. The number of ether oxygens (including phenoxy) is 1. The summed E-state index contributed by atoms with van der Waals surface area (Å²) in [7, 11) is 0. The highest BCUT2D eigenvalue weighted by Gasteiger charge is 2.27. The summed E-state index contributed by atoms with van der Waals surface area (Å²) in [5, 5.41) is 4.74. The van der Waals surface area contributed by atoms with Gasteiger partial charge in [-0.15, -0.1) is 11.3 Å². The quantitative estimate of drug-likeness (QED) is 0.430. The lowest BCUT2D eigenvalue weighted by atomic mass is 10.4. The van der Waals surface area contributed by atoms with Gasteiger partial charge >= 0.3 is 6.18 Å². The molecular formula is C10H12F3N5OS. The van der Waals surface area contributed by atoms with Gasteiger partial charge in [-0.05, 0) is 11.4 Å². The molecule has 2 aromatic rings. The van der Waals surface area contributed by atoms with Gasteiger partial charge in [0.2, 0.25) is 5.95 Å².